The molecular weight excluding hydrogens is 561 g/mol. The summed E-state index contributed by atoms with van der Waals surface area (Å²) in [7, 11) is -3.56. The summed E-state index contributed by atoms with van der Waals surface area (Å²) in [4.78, 5) is 28.0. The van der Waals surface area contributed by atoms with Crippen LogP contribution in [-0.2, 0) is 24.2 Å². The van der Waals surface area contributed by atoms with Gasteiger partial charge in [-0.25, -0.2) is 8.42 Å². The second-order valence-electron chi connectivity index (χ2n) is 10.9. The van der Waals surface area contributed by atoms with E-state index in [0.717, 1.165) is 11.1 Å². The lowest BCUT2D eigenvalue weighted by Crippen LogP contribution is -2.57. The van der Waals surface area contributed by atoms with Crippen molar-refractivity contribution < 1.29 is 27.9 Å². The largest absolute Gasteiger partial charge is 0.481 e. The lowest BCUT2D eigenvalue weighted by molar-refractivity contribution is -0.160. The Morgan fingerprint density at radius 1 is 1.10 bits per heavy atom. The number of amides is 1. The van der Waals surface area contributed by atoms with E-state index in [4.69, 9.17) is 27.9 Å². The summed E-state index contributed by atoms with van der Waals surface area (Å²) in [6, 6.07) is 13.4. The zero-order valence-corrected chi connectivity index (χ0v) is 24.5. The number of carboxylic acid groups (broad SMARTS) is 1. The summed E-state index contributed by atoms with van der Waals surface area (Å²) in [5, 5.41) is 10.3. The van der Waals surface area contributed by atoms with Gasteiger partial charge in [-0.2, -0.15) is 0 Å². The number of hydrogen-bond donors (Lipinski definition) is 1. The number of likely N-dealkylation sites (tertiary alicyclic amines) is 1. The van der Waals surface area contributed by atoms with E-state index in [0.29, 0.717) is 42.5 Å². The van der Waals surface area contributed by atoms with Gasteiger partial charge in [0.15, 0.2) is 9.84 Å². The molecule has 2 aromatic carbocycles. The summed E-state index contributed by atoms with van der Waals surface area (Å²) in [5.74, 6) is -1.96. The standard InChI is InChI=1S/C29H35Cl2NO6S/c1-3-23(18-39(36,37)24-11-13-38-14-12-24)32-27(19-7-9-21(30)10-8-19)25(20-5-4-6-22(31)15-20)16-29(2,28(32)35)17-26(33)34/h4-10,15,23-25,27H,3,11-14,16-18H2,1-2H3,(H,33,34)/t23?,25-,27-,29-/m1/s1. The first-order valence-electron chi connectivity index (χ1n) is 13.3. The molecule has 0 spiro atoms. The predicted octanol–water partition coefficient (Wildman–Crippen LogP) is 5.90. The number of sulfone groups is 1. The average Bonchev–Trinajstić information content (AvgIpc) is 2.89. The van der Waals surface area contributed by atoms with Crippen molar-refractivity contribution in [1.82, 2.24) is 4.90 Å². The molecule has 0 aromatic heterocycles. The maximum absolute atomic E-state index is 14.3. The lowest BCUT2D eigenvalue weighted by Gasteiger charge is -2.52. The molecule has 2 aliphatic heterocycles. The highest BCUT2D eigenvalue weighted by atomic mass is 35.5. The molecule has 2 aromatic rings. The van der Waals surface area contributed by atoms with Crippen LogP contribution in [0.3, 0.4) is 0 Å². The molecule has 1 unspecified atom stereocenters. The van der Waals surface area contributed by atoms with E-state index in [1.165, 1.54) is 0 Å². The zero-order chi connectivity index (χ0) is 28.4. The van der Waals surface area contributed by atoms with E-state index in [2.05, 4.69) is 0 Å². The highest BCUT2D eigenvalue weighted by Gasteiger charge is 2.53. The van der Waals surface area contributed by atoms with E-state index < -0.39 is 38.6 Å². The Morgan fingerprint density at radius 2 is 1.77 bits per heavy atom. The third-order valence-corrected chi connectivity index (χ3v) is 10.9. The van der Waals surface area contributed by atoms with Gasteiger partial charge in [-0.1, -0.05) is 61.3 Å². The van der Waals surface area contributed by atoms with Crippen LogP contribution in [0.2, 0.25) is 10.0 Å². The molecule has 0 radical (unpaired) electrons. The number of piperidine rings is 1. The number of hydrogen-bond acceptors (Lipinski definition) is 5. The highest BCUT2D eigenvalue weighted by molar-refractivity contribution is 7.92. The summed E-state index contributed by atoms with van der Waals surface area (Å²) < 4.78 is 32.6. The van der Waals surface area contributed by atoms with Gasteiger partial charge in [0.25, 0.3) is 0 Å². The van der Waals surface area contributed by atoms with Crippen LogP contribution in [0.5, 0.6) is 0 Å². The van der Waals surface area contributed by atoms with Crippen molar-refractivity contribution in [1.29, 1.82) is 0 Å². The minimum Gasteiger partial charge on any atom is -0.481 e. The first kappa shape index (κ1) is 29.8. The Labute approximate surface area is 240 Å². The normalized spacial score (nSPS) is 25.4. The molecule has 0 aliphatic carbocycles. The number of carbonyl (C=O) groups is 2. The topological polar surface area (TPSA) is 101 Å². The number of carbonyl (C=O) groups excluding carboxylic acids is 1. The van der Waals surface area contributed by atoms with Gasteiger partial charge in [-0.05, 0) is 61.1 Å². The minimum atomic E-state index is -3.56. The van der Waals surface area contributed by atoms with Crippen LogP contribution >= 0.6 is 23.2 Å². The number of rotatable bonds is 9. The van der Waals surface area contributed by atoms with Crippen LogP contribution in [0, 0.1) is 5.41 Å². The van der Waals surface area contributed by atoms with Gasteiger partial charge in [0.05, 0.1) is 28.9 Å². The van der Waals surface area contributed by atoms with E-state index in [1.807, 2.05) is 37.3 Å². The first-order chi connectivity index (χ1) is 18.4. The molecule has 2 heterocycles. The number of ether oxygens (including phenoxy) is 1. The first-order valence-corrected chi connectivity index (χ1v) is 15.8. The van der Waals surface area contributed by atoms with Crippen molar-refractivity contribution >= 4 is 44.9 Å². The van der Waals surface area contributed by atoms with Gasteiger partial charge in [-0.3, -0.25) is 9.59 Å². The molecule has 1 amide bonds. The van der Waals surface area contributed by atoms with E-state index in [1.54, 1.807) is 30.0 Å². The van der Waals surface area contributed by atoms with Gasteiger partial charge < -0.3 is 14.7 Å². The third kappa shape index (κ3) is 6.62. The molecule has 2 aliphatic rings. The van der Waals surface area contributed by atoms with Crippen molar-refractivity contribution in [3.63, 3.8) is 0 Å². The fraction of sp³-hybridized carbons (Fsp3) is 0.517. The molecule has 10 heteroatoms. The van der Waals surface area contributed by atoms with Crippen molar-refractivity contribution in [2.75, 3.05) is 19.0 Å². The molecule has 0 bridgehead atoms. The molecule has 4 atom stereocenters. The zero-order valence-electron chi connectivity index (χ0n) is 22.2. The molecule has 7 nitrogen and oxygen atoms in total. The quantitative estimate of drug-likeness (QED) is 0.387. The number of nitrogens with zero attached hydrogens (tertiary/aromatic N) is 1. The van der Waals surface area contributed by atoms with Gasteiger partial charge >= 0.3 is 5.97 Å². The molecule has 1 N–H and O–H groups in total. The predicted molar refractivity (Wildman–Crippen MR) is 152 cm³/mol. The monoisotopic (exact) mass is 595 g/mol. The van der Waals surface area contributed by atoms with Gasteiger partial charge in [0, 0.05) is 35.2 Å². The molecular formula is C29H35Cl2NO6S. The van der Waals surface area contributed by atoms with Gasteiger partial charge in [0.2, 0.25) is 5.91 Å². The smallest absolute Gasteiger partial charge is 0.304 e. The highest BCUT2D eigenvalue weighted by Crippen LogP contribution is 2.52. The maximum Gasteiger partial charge on any atom is 0.304 e. The summed E-state index contributed by atoms with van der Waals surface area (Å²) in [6.45, 7) is 4.33. The average molecular weight is 597 g/mol. The Balaban J connectivity index is 1.86. The summed E-state index contributed by atoms with van der Waals surface area (Å²) >= 11 is 12.6. The van der Waals surface area contributed by atoms with Crippen LogP contribution < -0.4 is 0 Å². The van der Waals surface area contributed by atoms with Crippen molar-refractivity contribution in [3.8, 4) is 0 Å². The van der Waals surface area contributed by atoms with Crippen molar-refractivity contribution in [3.05, 3.63) is 69.7 Å². The second kappa shape index (κ2) is 12.2. The van der Waals surface area contributed by atoms with Gasteiger partial charge in [0.1, 0.15) is 0 Å². The number of carboxylic acids is 1. The number of halogens is 2. The van der Waals surface area contributed by atoms with Crippen LogP contribution in [0.15, 0.2) is 48.5 Å². The van der Waals surface area contributed by atoms with E-state index in [9.17, 15) is 23.1 Å². The Hall–Kier alpha value is -2.13. The van der Waals surface area contributed by atoms with Crippen LogP contribution in [0.4, 0.5) is 0 Å². The Kier molecular flexibility index (Phi) is 9.31. The van der Waals surface area contributed by atoms with Crippen LogP contribution in [0.25, 0.3) is 0 Å². The van der Waals surface area contributed by atoms with Crippen molar-refractivity contribution in [2.45, 2.75) is 69.2 Å². The second-order valence-corrected chi connectivity index (χ2v) is 14.1. The molecule has 2 fully saturated rings. The molecule has 2 saturated heterocycles. The fourth-order valence-electron chi connectivity index (χ4n) is 6.12. The van der Waals surface area contributed by atoms with E-state index in [-0.39, 0.29) is 30.4 Å². The lowest BCUT2D eigenvalue weighted by atomic mass is 9.67. The molecule has 0 saturated carbocycles. The Morgan fingerprint density at radius 3 is 2.36 bits per heavy atom. The Bertz CT molecular complexity index is 1300. The number of benzene rings is 2. The van der Waals surface area contributed by atoms with Crippen molar-refractivity contribution in [2.24, 2.45) is 5.41 Å². The summed E-state index contributed by atoms with van der Waals surface area (Å²) in [5.41, 5.74) is 0.424. The van der Waals surface area contributed by atoms with Crippen LogP contribution in [0.1, 0.15) is 69.0 Å². The fourth-order valence-corrected chi connectivity index (χ4v) is 8.56. The number of aliphatic carboxylic acids is 1. The maximum atomic E-state index is 14.3. The van der Waals surface area contributed by atoms with E-state index >= 15 is 0 Å². The SMILES string of the molecule is CCC(CS(=O)(=O)C1CCOCC1)N1C(=O)[C@@](C)(CC(=O)O)C[C@H](c2cccc(Cl)c2)[C@H]1c1ccc(Cl)cc1. The third-order valence-electron chi connectivity index (χ3n) is 8.10. The minimum absolute atomic E-state index is 0.199. The molecule has 39 heavy (non-hydrogen) atoms. The molecule has 212 valence electrons. The molecule has 4 rings (SSSR count). The van der Waals surface area contributed by atoms with Gasteiger partial charge in [-0.15, -0.1) is 0 Å². The summed E-state index contributed by atoms with van der Waals surface area (Å²) in [6.07, 6.45) is 1.15. The van der Waals surface area contributed by atoms with Crippen LogP contribution in [-0.4, -0.2) is 60.6 Å².